The van der Waals surface area contributed by atoms with Gasteiger partial charge in [-0.25, -0.2) is 0 Å². The summed E-state index contributed by atoms with van der Waals surface area (Å²) in [6, 6.07) is 0. The highest BCUT2D eigenvalue weighted by Crippen LogP contribution is 1.94. The van der Waals surface area contributed by atoms with Crippen LogP contribution in [-0.2, 0) is 23.8 Å². The monoisotopic (exact) mass is 264 g/mol. The minimum Gasteiger partial charge on any atom is -0.481 e. The summed E-state index contributed by atoms with van der Waals surface area (Å²) in [6.45, 7) is 7.35. The van der Waals surface area contributed by atoms with E-state index in [2.05, 4.69) is 4.74 Å². The third kappa shape index (κ3) is 14.9. The van der Waals surface area contributed by atoms with Gasteiger partial charge in [-0.05, 0) is 20.8 Å². The number of carbonyl (C=O) groups excluding carboxylic acids is 1. The molecule has 6 nitrogen and oxygen atoms in total. The second-order valence-electron chi connectivity index (χ2n) is 3.42. The Morgan fingerprint density at radius 2 is 1.72 bits per heavy atom. The van der Waals surface area contributed by atoms with E-state index in [9.17, 15) is 9.59 Å². The summed E-state index contributed by atoms with van der Waals surface area (Å²) >= 11 is 0. The summed E-state index contributed by atoms with van der Waals surface area (Å²) in [7, 11) is 1.37. The molecule has 0 saturated heterocycles. The van der Waals surface area contributed by atoms with Crippen molar-refractivity contribution in [3.05, 3.63) is 0 Å². The quantitative estimate of drug-likeness (QED) is 0.526. The van der Waals surface area contributed by atoms with Crippen LogP contribution in [0, 0.1) is 5.92 Å². The minimum absolute atomic E-state index is 0.219. The second-order valence-corrected chi connectivity index (χ2v) is 3.42. The largest absolute Gasteiger partial charge is 0.481 e. The van der Waals surface area contributed by atoms with Crippen LogP contribution in [0.5, 0.6) is 0 Å². The van der Waals surface area contributed by atoms with Crippen molar-refractivity contribution in [1.29, 1.82) is 0 Å². The fraction of sp³-hybridized carbons (Fsp3) is 0.833. The van der Waals surface area contributed by atoms with E-state index in [1.807, 2.05) is 13.8 Å². The van der Waals surface area contributed by atoms with Crippen LogP contribution in [0.4, 0.5) is 0 Å². The molecule has 0 aliphatic heterocycles. The highest BCUT2D eigenvalue weighted by atomic mass is 16.5. The fourth-order valence-corrected chi connectivity index (χ4v) is 0.768. The van der Waals surface area contributed by atoms with Crippen LogP contribution in [0.3, 0.4) is 0 Å². The maximum atomic E-state index is 10.4. The zero-order chi connectivity index (χ0) is 14.4. The third-order valence-electron chi connectivity index (χ3n) is 1.88. The van der Waals surface area contributed by atoms with Gasteiger partial charge in [0.1, 0.15) is 0 Å². The Labute approximate surface area is 108 Å². The zero-order valence-electron chi connectivity index (χ0n) is 11.6. The fourth-order valence-electron chi connectivity index (χ4n) is 0.768. The lowest BCUT2D eigenvalue weighted by Crippen LogP contribution is -2.15. The lowest BCUT2D eigenvalue weighted by atomic mass is 10.2. The molecule has 0 aromatic carbocycles. The second kappa shape index (κ2) is 13.9. The molecule has 18 heavy (non-hydrogen) atoms. The predicted octanol–water partition coefficient (Wildman–Crippen LogP) is 1.33. The van der Waals surface area contributed by atoms with Crippen LogP contribution in [0.2, 0.25) is 0 Å². The first-order valence-electron chi connectivity index (χ1n) is 5.94. The van der Waals surface area contributed by atoms with Crippen molar-refractivity contribution in [2.24, 2.45) is 5.92 Å². The molecular weight excluding hydrogens is 240 g/mol. The van der Waals surface area contributed by atoms with E-state index in [0.717, 1.165) is 0 Å². The summed E-state index contributed by atoms with van der Waals surface area (Å²) < 4.78 is 14.2. The van der Waals surface area contributed by atoms with Crippen LogP contribution in [0.1, 0.15) is 27.2 Å². The Kier molecular flexibility index (Phi) is 14.9. The van der Waals surface area contributed by atoms with Crippen molar-refractivity contribution in [3.63, 3.8) is 0 Å². The van der Waals surface area contributed by atoms with Gasteiger partial charge in [0.05, 0.1) is 32.7 Å². The van der Waals surface area contributed by atoms with E-state index >= 15 is 0 Å². The molecule has 0 aliphatic carbocycles. The molecule has 0 spiro atoms. The maximum Gasteiger partial charge on any atom is 0.308 e. The van der Waals surface area contributed by atoms with E-state index < -0.39 is 5.97 Å². The van der Waals surface area contributed by atoms with E-state index in [4.69, 9.17) is 14.6 Å². The number of esters is 1. The van der Waals surface area contributed by atoms with Crippen molar-refractivity contribution in [1.82, 2.24) is 0 Å². The number of carboxylic acid groups (broad SMARTS) is 1. The number of methoxy groups -OCH3 is 1. The lowest BCUT2D eigenvalue weighted by molar-refractivity contribution is -0.143. The number of hydrogen-bond acceptors (Lipinski definition) is 5. The Bertz CT molecular complexity index is 215. The summed E-state index contributed by atoms with van der Waals surface area (Å²) in [6.07, 6.45) is 0.352. The molecule has 0 heterocycles. The molecule has 0 saturated carbocycles. The molecule has 0 aromatic heterocycles. The van der Waals surface area contributed by atoms with Gasteiger partial charge >= 0.3 is 11.9 Å². The molecule has 1 atom stereocenters. The highest BCUT2D eigenvalue weighted by Gasteiger charge is 2.09. The molecule has 0 rings (SSSR count). The van der Waals surface area contributed by atoms with Gasteiger partial charge in [0.15, 0.2) is 0 Å². The van der Waals surface area contributed by atoms with Gasteiger partial charge in [-0.2, -0.15) is 0 Å². The van der Waals surface area contributed by atoms with Gasteiger partial charge in [0.25, 0.3) is 0 Å². The molecule has 1 N–H and O–H groups in total. The van der Waals surface area contributed by atoms with Crippen molar-refractivity contribution in [3.8, 4) is 0 Å². The molecule has 0 fully saturated rings. The van der Waals surface area contributed by atoms with Crippen LogP contribution < -0.4 is 0 Å². The highest BCUT2D eigenvalue weighted by molar-refractivity contribution is 5.69. The summed E-state index contributed by atoms with van der Waals surface area (Å²) in [5.41, 5.74) is 0. The van der Waals surface area contributed by atoms with E-state index in [0.29, 0.717) is 32.8 Å². The summed E-state index contributed by atoms with van der Waals surface area (Å²) in [5, 5.41) is 8.33. The number of rotatable bonds is 8. The first-order valence-corrected chi connectivity index (χ1v) is 5.94. The van der Waals surface area contributed by atoms with Gasteiger partial charge in [0, 0.05) is 13.2 Å². The van der Waals surface area contributed by atoms with Crippen LogP contribution in [0.15, 0.2) is 0 Å². The standard InChI is InChI=1S/2C6H12O3/c1-3-9-5-4-6(7)8-2;1-3-9-4-5(2)6(7)8/h3-5H2,1-2H3;5H,3-4H2,1-2H3,(H,7,8). The van der Waals surface area contributed by atoms with Gasteiger partial charge in [-0.1, -0.05) is 0 Å². The molecule has 1 unspecified atom stereocenters. The third-order valence-corrected chi connectivity index (χ3v) is 1.88. The Morgan fingerprint density at radius 1 is 1.17 bits per heavy atom. The van der Waals surface area contributed by atoms with Gasteiger partial charge in [0.2, 0.25) is 0 Å². The van der Waals surface area contributed by atoms with Gasteiger partial charge in [-0.15, -0.1) is 0 Å². The first-order chi connectivity index (χ1) is 8.49. The zero-order valence-corrected chi connectivity index (χ0v) is 11.6. The Hall–Kier alpha value is -1.14. The molecule has 0 amide bonds. The van der Waals surface area contributed by atoms with Crippen molar-refractivity contribution < 1.29 is 28.9 Å². The van der Waals surface area contributed by atoms with E-state index in [1.54, 1.807) is 6.92 Å². The van der Waals surface area contributed by atoms with Crippen molar-refractivity contribution in [2.45, 2.75) is 27.2 Å². The van der Waals surface area contributed by atoms with Crippen molar-refractivity contribution >= 4 is 11.9 Å². The van der Waals surface area contributed by atoms with E-state index in [1.165, 1.54) is 7.11 Å². The molecule has 0 aromatic rings. The minimum atomic E-state index is -0.802. The van der Waals surface area contributed by atoms with Crippen LogP contribution in [-0.4, -0.2) is 50.6 Å². The SMILES string of the molecule is CCOCC(C)C(=O)O.CCOCCC(=O)OC. The molecular formula is C12H24O6. The van der Waals surface area contributed by atoms with Gasteiger partial charge < -0.3 is 19.3 Å². The summed E-state index contributed by atoms with van der Waals surface area (Å²) in [5.74, 6) is -1.41. The molecule has 6 heteroatoms. The maximum absolute atomic E-state index is 10.4. The van der Waals surface area contributed by atoms with Gasteiger partial charge in [-0.3, -0.25) is 9.59 Å². The number of carbonyl (C=O) groups is 2. The molecule has 108 valence electrons. The van der Waals surface area contributed by atoms with E-state index in [-0.39, 0.29) is 11.9 Å². The number of hydrogen-bond donors (Lipinski definition) is 1. The average molecular weight is 264 g/mol. The van der Waals surface area contributed by atoms with Crippen LogP contribution in [0.25, 0.3) is 0 Å². The Balaban J connectivity index is 0. The predicted molar refractivity (Wildman–Crippen MR) is 66.4 cm³/mol. The van der Waals surface area contributed by atoms with Crippen LogP contribution >= 0.6 is 0 Å². The molecule has 0 radical (unpaired) electrons. The molecule has 0 bridgehead atoms. The number of carboxylic acids is 1. The smallest absolute Gasteiger partial charge is 0.308 e. The topological polar surface area (TPSA) is 82.1 Å². The first kappa shape index (κ1) is 19.2. The number of aliphatic carboxylic acids is 1. The number of ether oxygens (including phenoxy) is 3. The van der Waals surface area contributed by atoms with Crippen molar-refractivity contribution in [2.75, 3.05) is 33.5 Å². The lowest BCUT2D eigenvalue weighted by Gasteiger charge is -2.03. The Morgan fingerprint density at radius 3 is 2.11 bits per heavy atom. The molecule has 0 aliphatic rings. The average Bonchev–Trinajstić information content (AvgIpc) is 2.36. The summed E-state index contributed by atoms with van der Waals surface area (Å²) in [4.78, 5) is 20.5. The normalized spacial score (nSPS) is 11.1.